The van der Waals surface area contributed by atoms with Crippen molar-refractivity contribution in [2.45, 2.75) is 39.2 Å². The van der Waals surface area contributed by atoms with E-state index in [-0.39, 0.29) is 5.92 Å². The van der Waals surface area contributed by atoms with Crippen LogP contribution in [-0.2, 0) is 11.3 Å². The lowest BCUT2D eigenvalue weighted by Crippen LogP contribution is -2.34. The van der Waals surface area contributed by atoms with Crippen molar-refractivity contribution >= 4 is 17.1 Å². The van der Waals surface area contributed by atoms with E-state index in [0.717, 1.165) is 38.3 Å². The molecule has 0 spiro atoms. The van der Waals surface area contributed by atoms with Crippen LogP contribution in [0.2, 0.25) is 0 Å². The maximum Gasteiger partial charge on any atom is 0.137 e. The summed E-state index contributed by atoms with van der Waals surface area (Å²) in [4.78, 5) is 14.3. The van der Waals surface area contributed by atoms with Gasteiger partial charge in [-0.05, 0) is 48.2 Å². The quantitative estimate of drug-likeness (QED) is 0.811. The monoisotopic (exact) mass is 265 g/mol. The Hall–Kier alpha value is -0.670. The van der Waals surface area contributed by atoms with E-state index in [1.54, 1.807) is 11.3 Å². The van der Waals surface area contributed by atoms with Crippen LogP contribution in [0.25, 0.3) is 0 Å². The van der Waals surface area contributed by atoms with Gasteiger partial charge in [-0.1, -0.05) is 13.3 Å². The van der Waals surface area contributed by atoms with Crippen molar-refractivity contribution in [3.63, 3.8) is 0 Å². The van der Waals surface area contributed by atoms with E-state index in [1.165, 1.54) is 12.0 Å². The predicted octanol–water partition coefficient (Wildman–Crippen LogP) is 3.58. The van der Waals surface area contributed by atoms with Crippen molar-refractivity contribution in [3.05, 3.63) is 22.4 Å². The van der Waals surface area contributed by atoms with E-state index in [4.69, 9.17) is 0 Å². The molecule has 1 aromatic rings. The highest BCUT2D eigenvalue weighted by Gasteiger charge is 2.28. The molecule has 1 aliphatic rings. The Morgan fingerprint density at radius 2 is 2.33 bits per heavy atom. The molecule has 0 saturated heterocycles. The molecular formula is C15H23NOS. The van der Waals surface area contributed by atoms with Gasteiger partial charge in [0.15, 0.2) is 0 Å². The van der Waals surface area contributed by atoms with Crippen LogP contribution >= 0.6 is 11.3 Å². The van der Waals surface area contributed by atoms with Gasteiger partial charge in [-0.3, -0.25) is 4.79 Å². The Morgan fingerprint density at radius 3 is 3.00 bits per heavy atom. The first-order chi connectivity index (χ1) is 8.69. The zero-order valence-corrected chi connectivity index (χ0v) is 12.2. The van der Waals surface area contributed by atoms with Crippen molar-refractivity contribution < 1.29 is 4.79 Å². The van der Waals surface area contributed by atoms with Crippen LogP contribution in [0.5, 0.6) is 0 Å². The van der Waals surface area contributed by atoms with Gasteiger partial charge in [-0.25, -0.2) is 0 Å². The van der Waals surface area contributed by atoms with Crippen LogP contribution in [0.4, 0.5) is 0 Å². The van der Waals surface area contributed by atoms with E-state index in [1.807, 2.05) is 0 Å². The first-order valence-corrected chi connectivity index (χ1v) is 7.85. The van der Waals surface area contributed by atoms with Gasteiger partial charge in [-0.15, -0.1) is 0 Å². The lowest BCUT2D eigenvalue weighted by molar-refractivity contribution is -0.126. The maximum absolute atomic E-state index is 12.0. The van der Waals surface area contributed by atoms with Gasteiger partial charge in [-0.2, -0.15) is 11.3 Å². The highest BCUT2D eigenvalue weighted by atomic mass is 32.1. The summed E-state index contributed by atoms with van der Waals surface area (Å²) in [6.07, 6.45) is 4.23. The Morgan fingerprint density at radius 1 is 1.50 bits per heavy atom. The van der Waals surface area contributed by atoms with Crippen LogP contribution in [0.15, 0.2) is 16.8 Å². The number of carbonyl (C=O) groups is 1. The Bertz CT molecular complexity index is 374. The molecule has 2 nitrogen and oxygen atoms in total. The summed E-state index contributed by atoms with van der Waals surface area (Å²) in [7, 11) is 2.13. The summed E-state index contributed by atoms with van der Waals surface area (Å²) >= 11 is 1.74. The normalized spacial score (nSPS) is 24.7. The van der Waals surface area contributed by atoms with E-state index in [2.05, 4.69) is 35.7 Å². The van der Waals surface area contributed by atoms with Crippen molar-refractivity contribution in [1.29, 1.82) is 0 Å². The van der Waals surface area contributed by atoms with Crippen LogP contribution in [-0.4, -0.2) is 24.3 Å². The summed E-state index contributed by atoms with van der Waals surface area (Å²) in [5, 5.41) is 4.30. The molecule has 1 aliphatic carbocycles. The molecule has 2 unspecified atom stereocenters. The minimum atomic E-state index is 0.271. The van der Waals surface area contributed by atoms with Crippen molar-refractivity contribution in [2.24, 2.45) is 11.8 Å². The second kappa shape index (κ2) is 6.48. The molecule has 0 bridgehead atoms. The second-order valence-electron chi connectivity index (χ2n) is 5.54. The highest BCUT2D eigenvalue weighted by molar-refractivity contribution is 7.07. The van der Waals surface area contributed by atoms with E-state index in [0.29, 0.717) is 5.78 Å². The molecule has 2 rings (SSSR count). The van der Waals surface area contributed by atoms with Crippen LogP contribution in [0, 0.1) is 11.8 Å². The maximum atomic E-state index is 12.0. The smallest absolute Gasteiger partial charge is 0.137 e. The second-order valence-corrected chi connectivity index (χ2v) is 6.32. The zero-order valence-electron chi connectivity index (χ0n) is 11.4. The van der Waals surface area contributed by atoms with E-state index >= 15 is 0 Å². The first-order valence-electron chi connectivity index (χ1n) is 6.91. The number of rotatable bonds is 5. The fourth-order valence-corrected chi connectivity index (χ4v) is 3.54. The number of carbonyl (C=O) groups excluding carboxylic acids is 1. The Labute approximate surface area is 114 Å². The summed E-state index contributed by atoms with van der Waals surface area (Å²) in [6.45, 7) is 4.13. The van der Waals surface area contributed by atoms with Gasteiger partial charge >= 0.3 is 0 Å². The Kier molecular flexibility index (Phi) is 4.95. The highest BCUT2D eigenvalue weighted by Crippen LogP contribution is 2.29. The summed E-state index contributed by atoms with van der Waals surface area (Å²) < 4.78 is 0. The van der Waals surface area contributed by atoms with Gasteiger partial charge in [0.05, 0.1) is 0 Å². The average Bonchev–Trinajstić information content (AvgIpc) is 2.84. The minimum Gasteiger partial charge on any atom is -0.301 e. The molecule has 2 atom stereocenters. The molecular weight excluding hydrogens is 242 g/mol. The van der Waals surface area contributed by atoms with Gasteiger partial charge in [0, 0.05) is 25.4 Å². The van der Waals surface area contributed by atoms with E-state index in [9.17, 15) is 4.79 Å². The summed E-state index contributed by atoms with van der Waals surface area (Å²) in [5.41, 5.74) is 1.36. The molecule has 0 aliphatic heterocycles. The number of hydrogen-bond acceptors (Lipinski definition) is 3. The fraction of sp³-hybridized carbons (Fsp3) is 0.667. The molecule has 1 heterocycles. The number of nitrogens with zero attached hydrogens (tertiary/aromatic N) is 1. The topological polar surface area (TPSA) is 20.3 Å². The molecule has 0 radical (unpaired) electrons. The molecule has 3 heteroatoms. The molecule has 0 N–H and O–H groups in total. The van der Waals surface area contributed by atoms with Gasteiger partial charge in [0.1, 0.15) is 5.78 Å². The standard InChI is InChI=1S/C15H23NOS/c1-3-12-4-5-15(17)14(8-12)10-16(2)9-13-6-7-18-11-13/h6-7,11-12,14H,3-5,8-10H2,1-2H3. The lowest BCUT2D eigenvalue weighted by atomic mass is 9.79. The number of thiophene rings is 1. The molecule has 18 heavy (non-hydrogen) atoms. The van der Waals surface area contributed by atoms with Crippen LogP contribution in [0.3, 0.4) is 0 Å². The minimum absolute atomic E-state index is 0.271. The third-order valence-corrected chi connectivity index (χ3v) is 4.75. The molecule has 1 fully saturated rings. The fourth-order valence-electron chi connectivity index (χ4n) is 2.88. The SMILES string of the molecule is CCC1CCC(=O)C(CN(C)Cc2ccsc2)C1. The number of ketones is 1. The largest absolute Gasteiger partial charge is 0.301 e. The average molecular weight is 265 g/mol. The van der Waals surface area contributed by atoms with Crippen LogP contribution in [0.1, 0.15) is 38.2 Å². The summed E-state index contributed by atoms with van der Waals surface area (Å²) in [5.74, 6) is 1.52. The van der Waals surface area contributed by atoms with Crippen molar-refractivity contribution in [3.8, 4) is 0 Å². The Balaban J connectivity index is 1.85. The first kappa shape index (κ1) is 13.8. The zero-order chi connectivity index (χ0) is 13.0. The molecule has 0 amide bonds. The molecule has 0 aromatic carbocycles. The van der Waals surface area contributed by atoms with Gasteiger partial charge in [0.2, 0.25) is 0 Å². The molecule has 100 valence electrons. The summed E-state index contributed by atoms with van der Waals surface area (Å²) in [6, 6.07) is 2.17. The number of Topliss-reactive ketones (excluding diaryl/α,β-unsaturated/α-hetero) is 1. The van der Waals surface area contributed by atoms with E-state index < -0.39 is 0 Å². The molecule has 1 saturated carbocycles. The van der Waals surface area contributed by atoms with Gasteiger partial charge in [0.25, 0.3) is 0 Å². The third kappa shape index (κ3) is 3.66. The van der Waals surface area contributed by atoms with Crippen molar-refractivity contribution in [1.82, 2.24) is 4.90 Å². The number of hydrogen-bond donors (Lipinski definition) is 0. The lowest BCUT2D eigenvalue weighted by Gasteiger charge is -2.30. The van der Waals surface area contributed by atoms with Crippen molar-refractivity contribution in [2.75, 3.05) is 13.6 Å². The van der Waals surface area contributed by atoms with Gasteiger partial charge < -0.3 is 4.90 Å². The third-order valence-electron chi connectivity index (χ3n) is 4.01. The predicted molar refractivity (Wildman–Crippen MR) is 76.8 cm³/mol. The van der Waals surface area contributed by atoms with Crippen LogP contribution < -0.4 is 0 Å². The molecule has 1 aromatic heterocycles.